The third kappa shape index (κ3) is 3.51. The number of methoxy groups -OCH3 is 1. The molecular formula is C20H15Cl2N3O2S. The molecule has 0 N–H and O–H groups in total. The van der Waals surface area contributed by atoms with Gasteiger partial charge in [-0.1, -0.05) is 35.3 Å². The molecular weight excluding hydrogens is 417 g/mol. The molecule has 0 spiro atoms. The minimum absolute atomic E-state index is 0.243. The van der Waals surface area contributed by atoms with Crippen molar-refractivity contribution < 1.29 is 9.53 Å². The van der Waals surface area contributed by atoms with E-state index in [1.54, 1.807) is 12.1 Å². The Bertz CT molecular complexity index is 1200. The largest absolute Gasteiger partial charge is 0.464 e. The van der Waals surface area contributed by atoms with Crippen LogP contribution in [0.5, 0.6) is 0 Å². The van der Waals surface area contributed by atoms with Crippen molar-refractivity contribution in [3.63, 3.8) is 0 Å². The van der Waals surface area contributed by atoms with Crippen LogP contribution < -0.4 is 0 Å². The lowest BCUT2D eigenvalue weighted by molar-refractivity contribution is 0.0594. The Morgan fingerprint density at radius 1 is 1.14 bits per heavy atom. The van der Waals surface area contributed by atoms with Gasteiger partial charge in [0.15, 0.2) is 11.3 Å². The molecule has 0 unspecified atom stereocenters. The fraction of sp³-hybridized carbons (Fsp3) is 0.150. The van der Waals surface area contributed by atoms with Gasteiger partial charge >= 0.3 is 5.97 Å². The summed E-state index contributed by atoms with van der Waals surface area (Å²) in [5.74, 6) is 0.305. The molecule has 3 aromatic heterocycles. The number of imidazole rings is 1. The maximum Gasteiger partial charge on any atom is 0.356 e. The molecule has 0 aliphatic rings. The lowest BCUT2D eigenvalue weighted by Crippen LogP contribution is -2.07. The summed E-state index contributed by atoms with van der Waals surface area (Å²) >= 11 is 14.1. The number of rotatable bonds is 4. The number of fused-ring (bicyclic) bond motifs is 1. The number of pyridine rings is 1. The molecule has 142 valence electrons. The maximum atomic E-state index is 11.8. The Morgan fingerprint density at radius 2 is 1.96 bits per heavy atom. The third-order valence-corrected chi connectivity index (χ3v) is 6.05. The number of carbonyl (C=O) groups is 1. The van der Waals surface area contributed by atoms with E-state index in [4.69, 9.17) is 27.9 Å². The number of nitrogens with zero attached hydrogens (tertiary/aromatic N) is 3. The van der Waals surface area contributed by atoms with E-state index in [-0.39, 0.29) is 5.69 Å². The zero-order chi connectivity index (χ0) is 19.8. The average Bonchev–Trinajstić information content (AvgIpc) is 3.25. The summed E-state index contributed by atoms with van der Waals surface area (Å²) < 4.78 is 7.44. The van der Waals surface area contributed by atoms with Crippen LogP contribution >= 0.6 is 34.5 Å². The highest BCUT2D eigenvalue weighted by Gasteiger charge is 2.15. The number of hydrogen-bond donors (Lipinski definition) is 0. The predicted octanol–water partition coefficient (Wildman–Crippen LogP) is 5.61. The Labute approximate surface area is 175 Å². The Kier molecular flexibility index (Phi) is 5.10. The van der Waals surface area contributed by atoms with Crippen molar-refractivity contribution in [1.29, 1.82) is 0 Å². The van der Waals surface area contributed by atoms with Crippen LogP contribution in [-0.2, 0) is 11.3 Å². The Balaban J connectivity index is 1.71. The first-order valence-corrected chi connectivity index (χ1v) is 10.00. The summed E-state index contributed by atoms with van der Waals surface area (Å²) in [6, 6.07) is 13.2. The molecule has 0 aliphatic heterocycles. The molecule has 4 aromatic rings. The van der Waals surface area contributed by atoms with E-state index in [1.165, 1.54) is 18.4 Å². The second kappa shape index (κ2) is 7.54. The average molecular weight is 432 g/mol. The number of thiophene rings is 1. The molecule has 0 saturated carbocycles. The Morgan fingerprint density at radius 3 is 2.64 bits per heavy atom. The van der Waals surface area contributed by atoms with Gasteiger partial charge in [-0.25, -0.2) is 14.8 Å². The first-order chi connectivity index (χ1) is 13.5. The molecule has 0 atom stereocenters. The van der Waals surface area contributed by atoms with Gasteiger partial charge in [-0.05, 0) is 48.4 Å². The summed E-state index contributed by atoms with van der Waals surface area (Å²) in [6.45, 7) is 2.39. The fourth-order valence-corrected chi connectivity index (χ4v) is 4.27. The van der Waals surface area contributed by atoms with Crippen molar-refractivity contribution in [3.05, 3.63) is 68.9 Å². The number of aromatic nitrogens is 3. The van der Waals surface area contributed by atoms with Crippen molar-refractivity contribution in [2.24, 2.45) is 0 Å². The van der Waals surface area contributed by atoms with Crippen LogP contribution in [0.15, 0.2) is 42.5 Å². The summed E-state index contributed by atoms with van der Waals surface area (Å²) in [4.78, 5) is 21.8. The highest BCUT2D eigenvalue weighted by molar-refractivity contribution is 7.19. The minimum Gasteiger partial charge on any atom is -0.464 e. The number of benzene rings is 1. The van der Waals surface area contributed by atoms with Crippen molar-refractivity contribution >= 4 is 51.7 Å². The van der Waals surface area contributed by atoms with Gasteiger partial charge in [0.1, 0.15) is 11.3 Å². The molecule has 4 rings (SSSR count). The topological polar surface area (TPSA) is 57.0 Å². The van der Waals surface area contributed by atoms with Crippen molar-refractivity contribution in [3.8, 4) is 10.4 Å². The summed E-state index contributed by atoms with van der Waals surface area (Å²) in [7, 11) is 1.33. The standard InChI is InChI=1S/C20H15Cl2N3O2S/c1-11-23-15-5-6-16(20(26)27-2)24-19(15)25(11)10-13-4-3-12(9-14(13)21)17-7-8-18(22)28-17/h3-9H,10H2,1-2H3. The van der Waals surface area contributed by atoms with E-state index < -0.39 is 5.97 Å². The van der Waals surface area contributed by atoms with Crippen LogP contribution in [0, 0.1) is 6.92 Å². The Hall–Kier alpha value is -2.41. The predicted molar refractivity (Wildman–Crippen MR) is 112 cm³/mol. The van der Waals surface area contributed by atoms with Gasteiger partial charge < -0.3 is 9.30 Å². The molecule has 1 aromatic carbocycles. The third-order valence-electron chi connectivity index (χ3n) is 4.42. The maximum absolute atomic E-state index is 11.8. The molecule has 0 aliphatic carbocycles. The van der Waals surface area contributed by atoms with Crippen molar-refractivity contribution in [2.75, 3.05) is 7.11 Å². The van der Waals surface area contributed by atoms with Gasteiger partial charge in [0.25, 0.3) is 0 Å². The van der Waals surface area contributed by atoms with Gasteiger partial charge in [-0.15, -0.1) is 11.3 Å². The molecule has 3 heterocycles. The zero-order valence-electron chi connectivity index (χ0n) is 15.1. The monoisotopic (exact) mass is 431 g/mol. The molecule has 5 nitrogen and oxygen atoms in total. The van der Waals surface area contributed by atoms with Gasteiger partial charge in [0.05, 0.1) is 18.0 Å². The van der Waals surface area contributed by atoms with Crippen molar-refractivity contribution in [2.45, 2.75) is 13.5 Å². The quantitative estimate of drug-likeness (QED) is 0.394. The second-order valence-corrected chi connectivity index (χ2v) is 8.31. The summed E-state index contributed by atoms with van der Waals surface area (Å²) in [5, 5.41) is 0.646. The molecule has 8 heteroatoms. The van der Waals surface area contributed by atoms with Crippen LogP contribution in [-0.4, -0.2) is 27.6 Å². The number of ether oxygens (including phenoxy) is 1. The number of carbonyl (C=O) groups excluding carboxylic acids is 1. The number of halogens is 2. The van der Waals surface area contributed by atoms with E-state index in [0.29, 0.717) is 22.7 Å². The number of hydrogen-bond acceptors (Lipinski definition) is 5. The fourth-order valence-electron chi connectivity index (χ4n) is 2.99. The van der Waals surface area contributed by atoms with Crippen molar-refractivity contribution in [1.82, 2.24) is 14.5 Å². The molecule has 0 radical (unpaired) electrons. The van der Waals surface area contributed by atoms with E-state index in [2.05, 4.69) is 9.97 Å². The van der Waals surface area contributed by atoms with Gasteiger partial charge in [0.2, 0.25) is 0 Å². The molecule has 28 heavy (non-hydrogen) atoms. The minimum atomic E-state index is -0.482. The summed E-state index contributed by atoms with van der Waals surface area (Å²) in [5.41, 5.74) is 3.52. The van der Waals surface area contributed by atoms with Gasteiger partial charge in [-0.3, -0.25) is 0 Å². The first-order valence-electron chi connectivity index (χ1n) is 8.42. The summed E-state index contributed by atoms with van der Waals surface area (Å²) in [6.07, 6.45) is 0. The zero-order valence-corrected chi connectivity index (χ0v) is 17.4. The van der Waals surface area contributed by atoms with E-state index >= 15 is 0 Å². The first kappa shape index (κ1) is 18.9. The SMILES string of the molecule is COC(=O)c1ccc2nc(C)n(Cc3ccc(-c4ccc(Cl)s4)cc3Cl)c2n1. The van der Waals surface area contributed by atoms with Gasteiger partial charge in [0, 0.05) is 9.90 Å². The second-order valence-electron chi connectivity index (χ2n) is 6.19. The smallest absolute Gasteiger partial charge is 0.356 e. The normalized spacial score (nSPS) is 11.1. The van der Waals surface area contributed by atoms with Crippen LogP contribution in [0.25, 0.3) is 21.6 Å². The highest BCUT2D eigenvalue weighted by atomic mass is 35.5. The van der Waals surface area contributed by atoms with E-state index in [1.807, 2.05) is 41.8 Å². The van der Waals surface area contributed by atoms with Crippen LogP contribution in [0.3, 0.4) is 0 Å². The van der Waals surface area contributed by atoms with Crippen LogP contribution in [0.1, 0.15) is 21.9 Å². The van der Waals surface area contributed by atoms with E-state index in [0.717, 1.165) is 26.2 Å². The molecule has 0 amide bonds. The highest BCUT2D eigenvalue weighted by Crippen LogP contribution is 2.33. The van der Waals surface area contributed by atoms with E-state index in [9.17, 15) is 4.79 Å². The van der Waals surface area contributed by atoms with Crippen LogP contribution in [0.4, 0.5) is 0 Å². The lowest BCUT2D eigenvalue weighted by atomic mass is 10.1. The number of aryl methyl sites for hydroxylation is 1. The lowest BCUT2D eigenvalue weighted by Gasteiger charge is -2.10. The molecule has 0 fully saturated rings. The molecule has 0 saturated heterocycles. The van der Waals surface area contributed by atoms with Crippen LogP contribution in [0.2, 0.25) is 9.36 Å². The number of esters is 1. The van der Waals surface area contributed by atoms with Gasteiger partial charge in [-0.2, -0.15) is 0 Å². The molecule has 0 bridgehead atoms.